The predicted octanol–water partition coefficient (Wildman–Crippen LogP) is 0.154. The molecule has 3 heterocycles. The summed E-state index contributed by atoms with van der Waals surface area (Å²) < 4.78 is 30.1. The van der Waals surface area contributed by atoms with Gasteiger partial charge in [0, 0.05) is 45.0 Å². The van der Waals surface area contributed by atoms with Gasteiger partial charge in [-0.05, 0) is 12.0 Å². The second-order valence-electron chi connectivity index (χ2n) is 7.19. The van der Waals surface area contributed by atoms with Crippen LogP contribution in [0, 0.1) is 0 Å². The number of hydrogen-bond donors (Lipinski definition) is 0. The van der Waals surface area contributed by atoms with E-state index in [0.717, 1.165) is 5.69 Å². The number of carbonyl (C=O) groups excluding carboxylic acids is 1. The SMILES string of the molecule is CC(C)c1cc(C(=O)N2CCN(S(C)(=O)=O)CC2)nc(N2CCOCC2)n1. The number of carbonyl (C=O) groups is 1. The lowest BCUT2D eigenvalue weighted by molar-refractivity contribution is 0.0692. The van der Waals surface area contributed by atoms with Gasteiger partial charge in [0.2, 0.25) is 16.0 Å². The molecule has 1 amide bonds. The standard InChI is InChI=1S/C17H27N5O4S/c1-13(2)14-12-15(19-17(18-14)21-8-10-26-11-9-21)16(23)20-4-6-22(7-5-20)27(3,24)25/h12-13H,4-11H2,1-3H3. The molecule has 2 aliphatic rings. The summed E-state index contributed by atoms with van der Waals surface area (Å²) >= 11 is 0. The minimum absolute atomic E-state index is 0.168. The zero-order chi connectivity index (χ0) is 19.6. The molecule has 2 aliphatic heterocycles. The minimum atomic E-state index is -3.23. The number of aromatic nitrogens is 2. The van der Waals surface area contributed by atoms with Crippen LogP contribution in [0.4, 0.5) is 5.95 Å². The van der Waals surface area contributed by atoms with E-state index in [4.69, 9.17) is 4.74 Å². The molecule has 1 aromatic heterocycles. The Morgan fingerprint density at radius 1 is 1.07 bits per heavy atom. The highest BCUT2D eigenvalue weighted by atomic mass is 32.2. The number of morpholine rings is 1. The number of rotatable bonds is 4. The first kappa shape index (κ1) is 20.0. The number of anilines is 1. The van der Waals surface area contributed by atoms with Gasteiger partial charge in [-0.15, -0.1) is 0 Å². The van der Waals surface area contributed by atoms with Crippen molar-refractivity contribution in [3.63, 3.8) is 0 Å². The molecular formula is C17H27N5O4S. The molecule has 1 aromatic rings. The first-order chi connectivity index (χ1) is 12.8. The molecule has 3 rings (SSSR count). The summed E-state index contributed by atoms with van der Waals surface area (Å²) in [6.07, 6.45) is 1.19. The van der Waals surface area contributed by atoms with Crippen LogP contribution in [0.15, 0.2) is 6.07 Å². The van der Waals surface area contributed by atoms with Crippen LogP contribution in [0.3, 0.4) is 0 Å². The molecule has 0 spiro atoms. The molecule has 0 N–H and O–H groups in total. The van der Waals surface area contributed by atoms with Gasteiger partial charge in [0.15, 0.2) is 0 Å². The van der Waals surface area contributed by atoms with E-state index in [-0.39, 0.29) is 11.8 Å². The molecule has 0 bridgehead atoms. The summed E-state index contributed by atoms with van der Waals surface area (Å²) in [4.78, 5) is 25.8. The molecule has 150 valence electrons. The summed E-state index contributed by atoms with van der Waals surface area (Å²) in [5, 5.41) is 0. The molecule has 10 heteroatoms. The molecule has 0 aromatic carbocycles. The van der Waals surface area contributed by atoms with Crippen molar-refractivity contribution in [2.24, 2.45) is 0 Å². The van der Waals surface area contributed by atoms with Crippen molar-refractivity contribution < 1.29 is 17.9 Å². The van der Waals surface area contributed by atoms with Gasteiger partial charge in [-0.25, -0.2) is 18.4 Å². The van der Waals surface area contributed by atoms with E-state index >= 15 is 0 Å². The van der Waals surface area contributed by atoms with Crippen LogP contribution in [-0.4, -0.2) is 92.2 Å². The fourth-order valence-corrected chi connectivity index (χ4v) is 3.97. The Bertz CT molecular complexity index is 785. The lowest BCUT2D eigenvalue weighted by Gasteiger charge is -2.33. The third kappa shape index (κ3) is 4.74. The van der Waals surface area contributed by atoms with Crippen LogP contribution < -0.4 is 4.90 Å². The van der Waals surface area contributed by atoms with Gasteiger partial charge >= 0.3 is 0 Å². The summed E-state index contributed by atoms with van der Waals surface area (Å²) in [5.74, 6) is 0.547. The van der Waals surface area contributed by atoms with Gasteiger partial charge in [0.05, 0.1) is 19.5 Å². The Morgan fingerprint density at radius 3 is 2.26 bits per heavy atom. The number of hydrogen-bond acceptors (Lipinski definition) is 7. The zero-order valence-electron chi connectivity index (χ0n) is 16.1. The molecule has 2 saturated heterocycles. The van der Waals surface area contributed by atoms with Gasteiger partial charge in [-0.1, -0.05) is 13.8 Å². The van der Waals surface area contributed by atoms with Crippen molar-refractivity contribution in [2.75, 3.05) is 63.6 Å². The van der Waals surface area contributed by atoms with E-state index in [1.54, 1.807) is 11.0 Å². The summed E-state index contributed by atoms with van der Waals surface area (Å²) in [5.41, 5.74) is 1.19. The maximum atomic E-state index is 13.0. The van der Waals surface area contributed by atoms with E-state index in [1.165, 1.54) is 10.6 Å². The maximum Gasteiger partial charge on any atom is 0.272 e. The van der Waals surface area contributed by atoms with Crippen LogP contribution in [0.25, 0.3) is 0 Å². The maximum absolute atomic E-state index is 13.0. The van der Waals surface area contributed by atoms with Crippen molar-refractivity contribution in [3.8, 4) is 0 Å². The van der Waals surface area contributed by atoms with Crippen molar-refractivity contribution in [3.05, 3.63) is 17.5 Å². The van der Waals surface area contributed by atoms with Gasteiger partial charge in [0.25, 0.3) is 5.91 Å². The summed E-state index contributed by atoms with van der Waals surface area (Å²) in [6, 6.07) is 1.75. The molecule has 27 heavy (non-hydrogen) atoms. The van der Waals surface area contributed by atoms with E-state index in [0.29, 0.717) is 64.1 Å². The monoisotopic (exact) mass is 397 g/mol. The highest BCUT2D eigenvalue weighted by Crippen LogP contribution is 2.20. The van der Waals surface area contributed by atoms with Crippen molar-refractivity contribution in [2.45, 2.75) is 19.8 Å². The fraction of sp³-hybridized carbons (Fsp3) is 0.706. The summed E-state index contributed by atoms with van der Waals surface area (Å²) in [7, 11) is -3.23. The van der Waals surface area contributed by atoms with Crippen molar-refractivity contribution >= 4 is 21.9 Å². The highest BCUT2D eigenvalue weighted by Gasteiger charge is 2.28. The molecule has 2 fully saturated rings. The summed E-state index contributed by atoms with van der Waals surface area (Å²) in [6.45, 7) is 8.03. The molecule has 0 atom stereocenters. The topological polar surface area (TPSA) is 95.9 Å². The van der Waals surface area contributed by atoms with Crippen LogP contribution in [-0.2, 0) is 14.8 Å². The molecule has 9 nitrogen and oxygen atoms in total. The Balaban J connectivity index is 1.80. The smallest absolute Gasteiger partial charge is 0.272 e. The average Bonchev–Trinajstić information content (AvgIpc) is 2.67. The number of nitrogens with zero attached hydrogens (tertiary/aromatic N) is 5. The lowest BCUT2D eigenvalue weighted by atomic mass is 10.1. The Kier molecular flexibility index (Phi) is 5.97. The van der Waals surface area contributed by atoms with Gasteiger partial charge < -0.3 is 14.5 Å². The Labute approximate surface area is 160 Å². The predicted molar refractivity (Wildman–Crippen MR) is 101 cm³/mol. The lowest BCUT2D eigenvalue weighted by Crippen LogP contribution is -2.50. The first-order valence-electron chi connectivity index (χ1n) is 9.22. The number of ether oxygens (including phenoxy) is 1. The van der Waals surface area contributed by atoms with Gasteiger partial charge in [0.1, 0.15) is 5.69 Å². The molecule has 0 aliphatic carbocycles. The third-order valence-electron chi connectivity index (χ3n) is 4.83. The number of amides is 1. The zero-order valence-corrected chi connectivity index (χ0v) is 16.9. The van der Waals surface area contributed by atoms with Crippen molar-refractivity contribution in [1.82, 2.24) is 19.2 Å². The normalized spacial score (nSPS) is 19.6. The second kappa shape index (κ2) is 8.07. The quantitative estimate of drug-likeness (QED) is 0.714. The van der Waals surface area contributed by atoms with Crippen LogP contribution in [0.5, 0.6) is 0 Å². The highest BCUT2D eigenvalue weighted by molar-refractivity contribution is 7.88. The fourth-order valence-electron chi connectivity index (χ4n) is 3.15. The van der Waals surface area contributed by atoms with E-state index < -0.39 is 10.0 Å². The van der Waals surface area contributed by atoms with E-state index in [1.807, 2.05) is 18.7 Å². The second-order valence-corrected chi connectivity index (χ2v) is 9.17. The number of sulfonamides is 1. The van der Waals surface area contributed by atoms with Gasteiger partial charge in [-0.2, -0.15) is 4.31 Å². The Hall–Kier alpha value is -1.78. The van der Waals surface area contributed by atoms with Crippen molar-refractivity contribution in [1.29, 1.82) is 0 Å². The van der Waals surface area contributed by atoms with E-state index in [2.05, 4.69) is 9.97 Å². The number of piperazine rings is 1. The average molecular weight is 398 g/mol. The molecular weight excluding hydrogens is 370 g/mol. The molecule has 0 saturated carbocycles. The van der Waals surface area contributed by atoms with Crippen LogP contribution in [0.1, 0.15) is 35.9 Å². The van der Waals surface area contributed by atoms with E-state index in [9.17, 15) is 13.2 Å². The molecule has 0 unspecified atom stereocenters. The molecule has 0 radical (unpaired) electrons. The first-order valence-corrected chi connectivity index (χ1v) is 11.1. The third-order valence-corrected chi connectivity index (χ3v) is 6.14. The van der Waals surface area contributed by atoms with Crippen LogP contribution in [0.2, 0.25) is 0 Å². The minimum Gasteiger partial charge on any atom is -0.378 e. The Morgan fingerprint density at radius 2 is 1.70 bits per heavy atom. The van der Waals surface area contributed by atoms with Gasteiger partial charge in [-0.3, -0.25) is 4.79 Å². The largest absolute Gasteiger partial charge is 0.378 e. The van der Waals surface area contributed by atoms with Crippen LogP contribution >= 0.6 is 0 Å².